The molecular formula is C51H58ClFN7O7PS2. The molecule has 1 aromatic heterocycles. The third kappa shape index (κ3) is 12.0. The fraction of sp³-hybridized carbons (Fsp3) is 0.333. The van der Waals surface area contributed by atoms with Gasteiger partial charge < -0.3 is 34.4 Å². The number of hydrogen-bond donors (Lipinski definition) is 3. The second-order valence-corrected chi connectivity index (χ2v) is 23.3. The summed E-state index contributed by atoms with van der Waals surface area (Å²) < 4.78 is 64.1. The predicted molar refractivity (Wildman–Crippen MR) is 282 cm³/mol. The zero-order valence-corrected chi connectivity index (χ0v) is 42.8. The van der Waals surface area contributed by atoms with Gasteiger partial charge in [-0.3, -0.25) is 19.6 Å². The Morgan fingerprint density at radius 2 is 1.53 bits per heavy atom. The van der Waals surface area contributed by atoms with E-state index in [9.17, 15) is 28.0 Å². The maximum absolute atomic E-state index is 15.7. The van der Waals surface area contributed by atoms with Crippen LogP contribution in [0.1, 0.15) is 32.0 Å². The Morgan fingerprint density at radius 1 is 0.871 bits per heavy atom. The van der Waals surface area contributed by atoms with Crippen molar-refractivity contribution in [3.8, 4) is 22.4 Å². The quantitative estimate of drug-likeness (QED) is 0.0323. The van der Waals surface area contributed by atoms with E-state index in [0.717, 1.165) is 42.2 Å². The van der Waals surface area contributed by atoms with E-state index in [0.29, 0.717) is 84.1 Å². The van der Waals surface area contributed by atoms with Gasteiger partial charge in [-0.1, -0.05) is 41.9 Å². The zero-order chi connectivity index (χ0) is 49.7. The van der Waals surface area contributed by atoms with E-state index in [1.165, 1.54) is 36.6 Å². The van der Waals surface area contributed by atoms with Crippen molar-refractivity contribution in [3.05, 3.63) is 142 Å². The molecule has 1 unspecified atom stereocenters. The van der Waals surface area contributed by atoms with Crippen LogP contribution in [0.2, 0.25) is 5.02 Å². The summed E-state index contributed by atoms with van der Waals surface area (Å²) in [7, 11) is -8.09. The van der Waals surface area contributed by atoms with Crippen molar-refractivity contribution in [2.24, 2.45) is 0 Å². The van der Waals surface area contributed by atoms with Gasteiger partial charge in [-0.15, -0.1) is 11.8 Å². The van der Waals surface area contributed by atoms with Gasteiger partial charge in [0.15, 0.2) is 9.84 Å². The normalized spacial score (nSPS) is 16.0. The highest BCUT2D eigenvalue weighted by molar-refractivity contribution is 7.99. The summed E-state index contributed by atoms with van der Waals surface area (Å²) >= 11 is 7.92. The largest absolute Gasteiger partial charge is 0.379 e. The minimum atomic E-state index is -4.33. The molecule has 5 aromatic carbocycles. The molecule has 8 rings (SSSR count). The number of anilines is 4. The molecule has 0 spiro atoms. The second-order valence-electron chi connectivity index (χ2n) is 18.0. The zero-order valence-electron chi connectivity index (χ0n) is 39.6. The summed E-state index contributed by atoms with van der Waals surface area (Å²) in [6, 6.07) is 32.8. The number of rotatable bonds is 18. The number of thioether (sulfide) groups is 1. The highest BCUT2D eigenvalue weighted by Crippen LogP contribution is 2.45. The van der Waals surface area contributed by atoms with Crippen molar-refractivity contribution in [1.82, 2.24) is 9.47 Å². The van der Waals surface area contributed by atoms with Crippen molar-refractivity contribution in [2.45, 2.75) is 49.1 Å². The number of hydrogen-bond acceptors (Lipinski definition) is 11. The molecule has 2 fully saturated rings. The van der Waals surface area contributed by atoms with E-state index in [-0.39, 0.29) is 33.7 Å². The molecule has 19 heteroatoms. The molecule has 6 aromatic rings. The lowest BCUT2D eigenvalue weighted by molar-refractivity contribution is -0.383. The van der Waals surface area contributed by atoms with Crippen LogP contribution in [0.15, 0.2) is 125 Å². The van der Waals surface area contributed by atoms with Crippen LogP contribution in [0.3, 0.4) is 0 Å². The van der Waals surface area contributed by atoms with E-state index in [1.54, 1.807) is 43.0 Å². The Balaban J connectivity index is 0.948. The van der Waals surface area contributed by atoms with E-state index in [2.05, 4.69) is 25.1 Å². The van der Waals surface area contributed by atoms with E-state index >= 15 is 4.39 Å². The van der Waals surface area contributed by atoms with Gasteiger partial charge in [-0.2, -0.15) is 0 Å². The van der Waals surface area contributed by atoms with Crippen LogP contribution in [0.5, 0.6) is 0 Å². The Morgan fingerprint density at radius 3 is 2.16 bits per heavy atom. The lowest BCUT2D eigenvalue weighted by Gasteiger charge is -2.37. The first-order valence-corrected chi connectivity index (χ1v) is 28.1. The Bertz CT molecular complexity index is 2970. The molecule has 2 aliphatic heterocycles. The lowest BCUT2D eigenvalue weighted by atomic mass is 9.99. The lowest BCUT2D eigenvalue weighted by Crippen LogP contribution is -2.46. The Kier molecular flexibility index (Phi) is 16.0. The first-order valence-electron chi connectivity index (χ1n) is 23.2. The standard InChI is InChI=1S/C51H58ClFN7O7PS2/c1-35(2)59-36(3)51(70(4,65)66)49(50(59)37-10-12-39(52)13-11-37)38-30-40(53)32-44(31-38)58-24-22-57(23-25-58)43-16-14-41(15-17-43)55-68(63,64)45-18-19-47(48(33-45)60(61)62)54-42(20-21-56-26-28-67-29-27-56)34-69-46-8-6-5-7-9-46/h5-19,30-33,35,42,54H,20-29,34H2,1-4H3,(H2,55,63,64)/t42-/m1/s1. The van der Waals surface area contributed by atoms with Gasteiger partial charge in [0.2, 0.25) is 0 Å². The molecule has 370 valence electrons. The number of morpholine rings is 1. The number of benzene rings is 5. The minimum Gasteiger partial charge on any atom is -0.379 e. The van der Waals surface area contributed by atoms with Crippen molar-refractivity contribution in [2.75, 3.05) is 91.2 Å². The van der Waals surface area contributed by atoms with Crippen LogP contribution in [0.4, 0.5) is 32.8 Å². The highest BCUT2D eigenvalue weighted by atomic mass is 35.5. The minimum absolute atomic E-state index is 0.102. The Labute approximate surface area is 418 Å². The van der Waals surface area contributed by atoms with Crippen molar-refractivity contribution in [3.63, 3.8) is 0 Å². The van der Waals surface area contributed by atoms with Crippen LogP contribution in [0.25, 0.3) is 22.4 Å². The van der Waals surface area contributed by atoms with Gasteiger partial charge >= 0.3 is 7.52 Å². The molecule has 0 aliphatic carbocycles. The first kappa shape index (κ1) is 51.0. The van der Waals surface area contributed by atoms with Crippen LogP contribution >= 0.6 is 30.9 Å². The van der Waals surface area contributed by atoms with E-state index in [4.69, 9.17) is 16.3 Å². The smallest absolute Gasteiger partial charge is 0.321 e. The van der Waals surface area contributed by atoms with Gasteiger partial charge in [0, 0.05) is 114 Å². The van der Waals surface area contributed by atoms with Gasteiger partial charge in [-0.25, -0.2) is 12.8 Å². The molecule has 3 heterocycles. The Hall–Kier alpha value is -5.39. The maximum Gasteiger partial charge on any atom is 0.321 e. The number of nitro groups is 1. The third-order valence-corrected chi connectivity index (χ3v) is 16.9. The van der Waals surface area contributed by atoms with Crippen molar-refractivity contribution < 1.29 is 31.9 Å². The number of nitrogens with zero attached hydrogens (tertiary/aromatic N) is 5. The number of nitro benzene ring substituents is 1. The number of aromatic nitrogens is 1. The second kappa shape index (κ2) is 21.9. The molecule has 14 nitrogen and oxygen atoms in total. The van der Waals surface area contributed by atoms with E-state index < -0.39 is 28.1 Å². The SMILES string of the molecule is Cc1c(S(C)(=O)=O)c(-c2cc(F)cc(N3CCN(c4ccc(NP(=O)(O)c5ccc(N[C@H](CCN6CCOCC6)CSc6ccccc6)c([N+](=O)[O-])c5)cc4)CC3)c2)c(-c2ccc(Cl)cc2)n1C(C)C. The fourth-order valence-corrected chi connectivity index (χ4v) is 12.9. The molecule has 2 atom stereocenters. The van der Waals surface area contributed by atoms with Gasteiger partial charge in [0.1, 0.15) is 11.5 Å². The summed E-state index contributed by atoms with van der Waals surface area (Å²) in [5.41, 5.74) is 4.73. The van der Waals surface area contributed by atoms with Crippen molar-refractivity contribution >= 4 is 74.5 Å². The van der Waals surface area contributed by atoms with Crippen LogP contribution < -0.4 is 25.5 Å². The molecule has 0 amide bonds. The summed E-state index contributed by atoms with van der Waals surface area (Å²) in [6.07, 6.45) is 1.91. The number of nitrogens with one attached hydrogen (secondary N) is 2. The first-order chi connectivity index (χ1) is 33.4. The average Bonchev–Trinajstić information content (AvgIpc) is 3.67. The molecule has 0 radical (unpaired) electrons. The summed E-state index contributed by atoms with van der Waals surface area (Å²) in [4.78, 5) is 31.0. The number of piperazine rings is 1. The monoisotopic (exact) mass is 1030 g/mol. The van der Waals surface area contributed by atoms with Gasteiger partial charge in [-0.05, 0) is 117 Å². The molecule has 0 bridgehead atoms. The van der Waals surface area contributed by atoms with Crippen molar-refractivity contribution in [1.29, 1.82) is 0 Å². The highest BCUT2D eigenvalue weighted by Gasteiger charge is 2.32. The summed E-state index contributed by atoms with van der Waals surface area (Å²) in [5.74, 6) is 0.166. The number of halogens is 2. The maximum atomic E-state index is 15.7. The van der Waals surface area contributed by atoms with Gasteiger partial charge in [0.05, 0.1) is 34.0 Å². The topological polar surface area (TPSA) is 163 Å². The number of sulfone groups is 1. The predicted octanol–water partition coefficient (Wildman–Crippen LogP) is 10.4. The molecule has 0 saturated carbocycles. The van der Waals surface area contributed by atoms with Crippen LogP contribution in [-0.4, -0.2) is 105 Å². The molecule has 2 aliphatic rings. The third-order valence-electron chi connectivity index (χ3n) is 12.7. The molecule has 3 N–H and O–H groups in total. The van der Waals surface area contributed by atoms with E-state index in [1.807, 2.05) is 79.1 Å². The average molecular weight is 1030 g/mol. The fourth-order valence-electron chi connectivity index (χ4n) is 9.33. The van der Waals surface area contributed by atoms with Crippen LogP contribution in [-0.2, 0) is 19.1 Å². The molecule has 2 saturated heterocycles. The molecule has 70 heavy (non-hydrogen) atoms. The molecular weight excluding hydrogens is 972 g/mol. The summed E-state index contributed by atoms with van der Waals surface area (Å²) in [5, 5.41) is 19.0. The van der Waals surface area contributed by atoms with Crippen LogP contribution in [0, 0.1) is 22.9 Å². The summed E-state index contributed by atoms with van der Waals surface area (Å²) in [6.45, 7) is 11.8. The van der Waals surface area contributed by atoms with Gasteiger partial charge in [0.25, 0.3) is 5.69 Å². The number of ether oxygens (including phenoxy) is 1.